The fourth-order valence-corrected chi connectivity index (χ4v) is 4.59. The van der Waals surface area contributed by atoms with Gasteiger partial charge in [-0.25, -0.2) is 4.98 Å². The first-order valence-corrected chi connectivity index (χ1v) is 11.8. The summed E-state index contributed by atoms with van der Waals surface area (Å²) in [5.74, 6) is 0.566. The third kappa shape index (κ3) is 4.45. The van der Waals surface area contributed by atoms with Crippen LogP contribution >= 0.6 is 0 Å². The normalized spacial score (nSPS) is 17.1. The van der Waals surface area contributed by atoms with Gasteiger partial charge in [0.1, 0.15) is 5.69 Å². The van der Waals surface area contributed by atoms with E-state index in [1.54, 1.807) is 12.4 Å². The van der Waals surface area contributed by atoms with Gasteiger partial charge >= 0.3 is 0 Å². The van der Waals surface area contributed by atoms with E-state index in [0.717, 1.165) is 36.4 Å². The molecule has 0 radical (unpaired) electrons. The molecule has 168 valence electrons. The van der Waals surface area contributed by atoms with Gasteiger partial charge in [-0.3, -0.25) is 14.8 Å². The Kier molecular flexibility index (Phi) is 5.79. The maximum absolute atomic E-state index is 13.8. The average Bonchev–Trinajstić information content (AvgIpc) is 3.59. The molecule has 33 heavy (non-hydrogen) atoms. The summed E-state index contributed by atoms with van der Waals surface area (Å²) in [4.78, 5) is 29.6. The van der Waals surface area contributed by atoms with Crippen molar-refractivity contribution in [3.8, 4) is 11.3 Å². The molecule has 5 nitrogen and oxygen atoms in total. The van der Waals surface area contributed by atoms with Gasteiger partial charge < -0.3 is 4.90 Å². The van der Waals surface area contributed by atoms with Crippen molar-refractivity contribution in [2.24, 2.45) is 10.9 Å². The number of aromatic nitrogens is 2. The molecule has 1 fully saturated rings. The number of nitrogens with zero attached hydrogens (tertiary/aromatic N) is 4. The quantitative estimate of drug-likeness (QED) is 0.564. The summed E-state index contributed by atoms with van der Waals surface area (Å²) in [6.45, 7) is 7.69. The smallest absolute Gasteiger partial charge is 0.274 e. The van der Waals surface area contributed by atoms with Crippen LogP contribution in [0.1, 0.15) is 54.2 Å². The number of allylic oxidation sites excluding steroid dienone is 5. The summed E-state index contributed by atoms with van der Waals surface area (Å²) in [7, 11) is 0. The number of hydrogen-bond acceptors (Lipinski definition) is 4. The van der Waals surface area contributed by atoms with Crippen molar-refractivity contribution in [3.05, 3.63) is 82.5 Å². The minimum absolute atomic E-state index is 0.0295. The van der Waals surface area contributed by atoms with Crippen LogP contribution < -0.4 is 0 Å². The van der Waals surface area contributed by atoms with Crippen molar-refractivity contribution in [2.45, 2.75) is 46.5 Å². The second-order valence-electron chi connectivity index (χ2n) is 9.33. The molecular formula is C28H30N4O. The van der Waals surface area contributed by atoms with E-state index >= 15 is 0 Å². The molecule has 1 amide bonds. The highest BCUT2D eigenvalue weighted by molar-refractivity contribution is 6.08. The number of benzene rings is 1. The number of fused-ring (bicyclic) bond motifs is 1. The standard InChI is InChI=1S/C28H30N4O/c1-18-8-11-22(16-19(18)2)26-27(30-14-13-29-26)28(33)32(17-21-9-10-21)15-12-23-20(3)31-25-7-5-4-6-24(23)25/h4-6,8,11,13-14,16,21H,7,9-10,12,15,17H2,1-3H3. The minimum Gasteiger partial charge on any atom is -0.337 e. The fourth-order valence-electron chi connectivity index (χ4n) is 4.59. The monoisotopic (exact) mass is 438 g/mol. The molecule has 1 aromatic carbocycles. The Hall–Kier alpha value is -3.34. The molecule has 1 aliphatic heterocycles. The summed E-state index contributed by atoms with van der Waals surface area (Å²) in [6, 6.07) is 6.20. The summed E-state index contributed by atoms with van der Waals surface area (Å²) in [6.07, 6.45) is 13.8. The van der Waals surface area contributed by atoms with Crippen LogP contribution in [0.4, 0.5) is 0 Å². The number of aliphatic imine (C=N–C) groups is 1. The molecule has 5 heteroatoms. The Morgan fingerprint density at radius 3 is 2.70 bits per heavy atom. The van der Waals surface area contributed by atoms with E-state index in [2.05, 4.69) is 61.1 Å². The van der Waals surface area contributed by atoms with Gasteiger partial charge in [-0.2, -0.15) is 0 Å². The molecule has 0 saturated heterocycles. The average molecular weight is 439 g/mol. The zero-order chi connectivity index (χ0) is 22.9. The number of aryl methyl sites for hydroxylation is 2. The molecule has 0 atom stereocenters. The predicted molar refractivity (Wildman–Crippen MR) is 132 cm³/mol. The first-order valence-electron chi connectivity index (χ1n) is 11.8. The number of hydrogen-bond donors (Lipinski definition) is 0. The summed E-state index contributed by atoms with van der Waals surface area (Å²) < 4.78 is 0. The van der Waals surface area contributed by atoms with Crippen molar-refractivity contribution in [2.75, 3.05) is 13.1 Å². The van der Waals surface area contributed by atoms with E-state index < -0.39 is 0 Å². The topological polar surface area (TPSA) is 58.5 Å². The van der Waals surface area contributed by atoms with Gasteiger partial charge in [0.15, 0.2) is 5.69 Å². The minimum atomic E-state index is -0.0295. The van der Waals surface area contributed by atoms with Crippen LogP contribution in [0, 0.1) is 19.8 Å². The summed E-state index contributed by atoms with van der Waals surface area (Å²) in [5.41, 5.74) is 9.17. The molecule has 0 spiro atoms. The maximum Gasteiger partial charge on any atom is 0.274 e. The van der Waals surface area contributed by atoms with Gasteiger partial charge in [0.05, 0.1) is 5.71 Å². The molecular weight excluding hydrogens is 408 g/mol. The lowest BCUT2D eigenvalue weighted by molar-refractivity contribution is 0.0744. The van der Waals surface area contributed by atoms with Crippen LogP contribution in [0.5, 0.6) is 0 Å². The molecule has 5 rings (SSSR count). The van der Waals surface area contributed by atoms with Crippen molar-refractivity contribution in [1.29, 1.82) is 0 Å². The molecule has 0 unspecified atom stereocenters. The van der Waals surface area contributed by atoms with Crippen molar-refractivity contribution in [3.63, 3.8) is 0 Å². The van der Waals surface area contributed by atoms with Crippen molar-refractivity contribution < 1.29 is 4.79 Å². The predicted octanol–water partition coefficient (Wildman–Crippen LogP) is 5.62. The van der Waals surface area contributed by atoms with Gasteiger partial charge in [-0.15, -0.1) is 0 Å². The number of amides is 1. The third-order valence-electron chi connectivity index (χ3n) is 6.86. The van der Waals surface area contributed by atoms with E-state index in [0.29, 0.717) is 23.9 Å². The highest BCUT2D eigenvalue weighted by Gasteiger charge is 2.30. The van der Waals surface area contributed by atoms with Gasteiger partial charge in [0, 0.05) is 48.7 Å². The highest BCUT2D eigenvalue weighted by atomic mass is 16.2. The number of carbonyl (C=O) groups excluding carboxylic acids is 1. The van der Waals surface area contributed by atoms with Crippen LogP contribution in [0.2, 0.25) is 0 Å². The zero-order valence-electron chi connectivity index (χ0n) is 19.6. The third-order valence-corrected chi connectivity index (χ3v) is 6.86. The summed E-state index contributed by atoms with van der Waals surface area (Å²) in [5, 5.41) is 0. The van der Waals surface area contributed by atoms with Gasteiger partial charge in [-0.05, 0) is 68.7 Å². The molecule has 2 aromatic rings. The molecule has 1 aromatic heterocycles. The molecule has 0 bridgehead atoms. The largest absolute Gasteiger partial charge is 0.337 e. The van der Waals surface area contributed by atoms with Gasteiger partial charge in [0.25, 0.3) is 5.91 Å². The lowest BCUT2D eigenvalue weighted by Crippen LogP contribution is -2.35. The first-order chi connectivity index (χ1) is 16.0. The second-order valence-corrected chi connectivity index (χ2v) is 9.33. The van der Waals surface area contributed by atoms with Crippen molar-refractivity contribution in [1.82, 2.24) is 14.9 Å². The van der Waals surface area contributed by atoms with Gasteiger partial charge in [-0.1, -0.05) is 30.4 Å². The van der Waals surface area contributed by atoms with Crippen LogP contribution in [0.3, 0.4) is 0 Å². The highest BCUT2D eigenvalue weighted by Crippen LogP contribution is 2.34. The van der Waals surface area contributed by atoms with Crippen LogP contribution in [0.15, 0.2) is 70.7 Å². The van der Waals surface area contributed by atoms with Crippen LogP contribution in [-0.4, -0.2) is 39.6 Å². The second kappa shape index (κ2) is 8.89. The van der Waals surface area contributed by atoms with E-state index in [4.69, 9.17) is 4.99 Å². The SMILES string of the molecule is CC1=C(CCN(CC2CC2)C(=O)c2nccnc2-c2ccc(C)c(C)c2)C2=CC=CCC2=N1. The molecule has 3 aliphatic rings. The Labute approximate surface area is 195 Å². The number of rotatable bonds is 7. The van der Waals surface area contributed by atoms with E-state index in [1.807, 2.05) is 11.0 Å². The molecule has 0 N–H and O–H groups in total. The molecule has 2 aliphatic carbocycles. The fraction of sp³-hybridized carbons (Fsp3) is 0.357. The Morgan fingerprint density at radius 1 is 1.09 bits per heavy atom. The Balaban J connectivity index is 1.41. The lowest BCUT2D eigenvalue weighted by atomic mass is 9.94. The zero-order valence-corrected chi connectivity index (χ0v) is 19.6. The van der Waals surface area contributed by atoms with Crippen LogP contribution in [-0.2, 0) is 0 Å². The maximum atomic E-state index is 13.8. The van der Waals surface area contributed by atoms with E-state index in [1.165, 1.54) is 35.1 Å². The molecule has 1 saturated carbocycles. The molecule has 2 heterocycles. The number of carbonyl (C=O) groups is 1. The first kappa shape index (κ1) is 21.5. The van der Waals surface area contributed by atoms with E-state index in [-0.39, 0.29) is 5.91 Å². The lowest BCUT2D eigenvalue weighted by Gasteiger charge is -2.24. The van der Waals surface area contributed by atoms with Gasteiger partial charge in [0.2, 0.25) is 0 Å². The Bertz CT molecular complexity index is 1230. The van der Waals surface area contributed by atoms with Crippen LogP contribution in [0.25, 0.3) is 11.3 Å². The van der Waals surface area contributed by atoms with E-state index in [9.17, 15) is 4.79 Å². The van der Waals surface area contributed by atoms with Crippen molar-refractivity contribution >= 4 is 11.6 Å². The summed E-state index contributed by atoms with van der Waals surface area (Å²) >= 11 is 0. The Morgan fingerprint density at radius 2 is 1.91 bits per heavy atom.